The van der Waals surface area contributed by atoms with Gasteiger partial charge in [-0.05, 0) is 26.8 Å². The highest BCUT2D eigenvalue weighted by molar-refractivity contribution is 5.93. The first-order chi connectivity index (χ1) is 9.02. The highest BCUT2D eigenvalue weighted by Gasteiger charge is 2.07. The van der Waals surface area contributed by atoms with Crippen molar-refractivity contribution >= 4 is 17.3 Å². The largest absolute Gasteiger partial charge is 0.324 e. The summed E-state index contributed by atoms with van der Waals surface area (Å²) in [6, 6.07) is 6.25. The fourth-order valence-corrected chi connectivity index (χ4v) is 1.32. The molecule has 1 rings (SSSR count). The second-order valence-corrected chi connectivity index (χ2v) is 4.04. The van der Waals surface area contributed by atoms with E-state index in [0.29, 0.717) is 18.3 Å². The predicted molar refractivity (Wildman–Crippen MR) is 74.1 cm³/mol. The summed E-state index contributed by atoms with van der Waals surface area (Å²) in [6.45, 7) is 6.16. The SMILES string of the molecule is CCONC(=NC(C)C)Nc1cccc([N+](=O)[O-])c1. The van der Waals surface area contributed by atoms with E-state index in [1.165, 1.54) is 12.1 Å². The standard InChI is InChI=1S/C12H18N4O3/c1-4-19-15-12(13-9(2)3)14-10-6-5-7-11(8-10)16(17)18/h5-9H,4H2,1-3H3,(H2,13,14,15). The van der Waals surface area contributed by atoms with Crippen molar-refractivity contribution in [2.75, 3.05) is 11.9 Å². The smallest absolute Gasteiger partial charge is 0.271 e. The third-order valence-electron chi connectivity index (χ3n) is 2.02. The lowest BCUT2D eigenvalue weighted by atomic mass is 10.3. The summed E-state index contributed by atoms with van der Waals surface area (Å²) in [6.07, 6.45) is 0. The lowest BCUT2D eigenvalue weighted by molar-refractivity contribution is -0.384. The fourth-order valence-electron chi connectivity index (χ4n) is 1.32. The second kappa shape index (κ2) is 7.32. The molecule has 0 aromatic heterocycles. The van der Waals surface area contributed by atoms with Crippen LogP contribution < -0.4 is 10.8 Å². The van der Waals surface area contributed by atoms with E-state index in [-0.39, 0.29) is 11.7 Å². The summed E-state index contributed by atoms with van der Waals surface area (Å²) in [7, 11) is 0. The topological polar surface area (TPSA) is 88.8 Å². The van der Waals surface area contributed by atoms with Crippen LogP contribution in [-0.4, -0.2) is 23.5 Å². The Morgan fingerprint density at radius 3 is 2.84 bits per heavy atom. The first kappa shape index (κ1) is 14.9. The molecule has 7 nitrogen and oxygen atoms in total. The maximum absolute atomic E-state index is 10.7. The number of nitrogens with one attached hydrogen (secondary N) is 2. The van der Waals surface area contributed by atoms with Gasteiger partial charge in [0.15, 0.2) is 0 Å². The zero-order chi connectivity index (χ0) is 14.3. The number of guanidine groups is 1. The molecule has 0 aliphatic rings. The van der Waals surface area contributed by atoms with Crippen LogP contribution in [0.15, 0.2) is 29.3 Å². The molecule has 19 heavy (non-hydrogen) atoms. The van der Waals surface area contributed by atoms with Crippen molar-refractivity contribution in [3.63, 3.8) is 0 Å². The number of hydrogen-bond donors (Lipinski definition) is 2. The number of nitrogens with zero attached hydrogens (tertiary/aromatic N) is 2. The van der Waals surface area contributed by atoms with Gasteiger partial charge < -0.3 is 5.32 Å². The molecule has 0 atom stereocenters. The van der Waals surface area contributed by atoms with Crippen molar-refractivity contribution in [3.8, 4) is 0 Å². The average molecular weight is 266 g/mol. The third-order valence-corrected chi connectivity index (χ3v) is 2.02. The van der Waals surface area contributed by atoms with E-state index in [0.717, 1.165) is 0 Å². The van der Waals surface area contributed by atoms with E-state index >= 15 is 0 Å². The number of hydroxylamine groups is 1. The van der Waals surface area contributed by atoms with Gasteiger partial charge in [0.1, 0.15) is 0 Å². The Bertz CT molecular complexity index is 460. The third kappa shape index (κ3) is 5.35. The van der Waals surface area contributed by atoms with Gasteiger partial charge in [0.2, 0.25) is 5.96 Å². The molecule has 0 saturated heterocycles. The number of benzene rings is 1. The normalized spacial score (nSPS) is 11.5. The minimum atomic E-state index is -0.444. The second-order valence-electron chi connectivity index (χ2n) is 4.04. The fraction of sp³-hybridized carbons (Fsp3) is 0.417. The summed E-state index contributed by atoms with van der Waals surface area (Å²) in [4.78, 5) is 19.6. The van der Waals surface area contributed by atoms with Crippen LogP contribution in [0.1, 0.15) is 20.8 Å². The van der Waals surface area contributed by atoms with Gasteiger partial charge in [0.25, 0.3) is 5.69 Å². The quantitative estimate of drug-likeness (QED) is 0.369. The van der Waals surface area contributed by atoms with Crippen molar-refractivity contribution in [1.82, 2.24) is 5.48 Å². The van der Waals surface area contributed by atoms with E-state index in [4.69, 9.17) is 4.84 Å². The van der Waals surface area contributed by atoms with Gasteiger partial charge in [-0.2, -0.15) is 0 Å². The van der Waals surface area contributed by atoms with Crippen LogP contribution in [0.5, 0.6) is 0 Å². The van der Waals surface area contributed by atoms with Crippen molar-refractivity contribution in [2.24, 2.45) is 4.99 Å². The van der Waals surface area contributed by atoms with Gasteiger partial charge >= 0.3 is 0 Å². The van der Waals surface area contributed by atoms with Crippen LogP contribution >= 0.6 is 0 Å². The number of nitro benzene ring substituents is 1. The summed E-state index contributed by atoms with van der Waals surface area (Å²) < 4.78 is 0. The Labute approximate surface area is 111 Å². The molecule has 0 bridgehead atoms. The number of non-ortho nitro benzene ring substituents is 1. The minimum absolute atomic E-state index is 0.0188. The lowest BCUT2D eigenvalue weighted by Gasteiger charge is -2.12. The van der Waals surface area contributed by atoms with Crippen LogP contribution in [-0.2, 0) is 4.84 Å². The highest BCUT2D eigenvalue weighted by Crippen LogP contribution is 2.16. The molecule has 0 spiro atoms. The number of aliphatic imine (C=N–C) groups is 1. The molecule has 1 aromatic carbocycles. The van der Waals surface area contributed by atoms with Gasteiger partial charge in [-0.15, -0.1) is 0 Å². The Morgan fingerprint density at radius 2 is 2.26 bits per heavy atom. The number of nitro groups is 1. The van der Waals surface area contributed by atoms with Crippen LogP contribution in [0.4, 0.5) is 11.4 Å². The first-order valence-corrected chi connectivity index (χ1v) is 6.00. The lowest BCUT2D eigenvalue weighted by Crippen LogP contribution is -2.31. The van der Waals surface area contributed by atoms with E-state index in [1.54, 1.807) is 12.1 Å². The molecule has 0 fully saturated rings. The van der Waals surface area contributed by atoms with Crippen LogP contribution in [0, 0.1) is 10.1 Å². The van der Waals surface area contributed by atoms with Gasteiger partial charge in [0.05, 0.1) is 11.5 Å². The van der Waals surface area contributed by atoms with Crippen molar-refractivity contribution in [3.05, 3.63) is 34.4 Å². The van der Waals surface area contributed by atoms with E-state index in [9.17, 15) is 10.1 Å². The number of rotatable bonds is 5. The van der Waals surface area contributed by atoms with Crippen LogP contribution in [0.2, 0.25) is 0 Å². The Morgan fingerprint density at radius 1 is 1.53 bits per heavy atom. The minimum Gasteiger partial charge on any atom is -0.324 e. The molecule has 0 unspecified atom stereocenters. The maximum atomic E-state index is 10.7. The van der Waals surface area contributed by atoms with E-state index in [2.05, 4.69) is 15.8 Å². The molecule has 0 aliphatic heterocycles. The van der Waals surface area contributed by atoms with E-state index in [1.807, 2.05) is 20.8 Å². The molecule has 2 N–H and O–H groups in total. The predicted octanol–water partition coefficient (Wildman–Crippen LogP) is 2.31. The van der Waals surface area contributed by atoms with Gasteiger partial charge in [-0.3, -0.25) is 15.0 Å². The Kier molecular flexibility index (Phi) is 5.74. The van der Waals surface area contributed by atoms with Crippen LogP contribution in [0.25, 0.3) is 0 Å². The monoisotopic (exact) mass is 266 g/mol. The molecule has 7 heteroatoms. The van der Waals surface area contributed by atoms with Crippen molar-refractivity contribution < 1.29 is 9.76 Å². The molecule has 0 amide bonds. The molecule has 0 heterocycles. The number of hydrogen-bond acceptors (Lipinski definition) is 4. The Hall–Kier alpha value is -2.15. The summed E-state index contributed by atoms with van der Waals surface area (Å²) in [5.74, 6) is 0.414. The zero-order valence-electron chi connectivity index (χ0n) is 11.2. The first-order valence-electron chi connectivity index (χ1n) is 6.00. The van der Waals surface area contributed by atoms with Gasteiger partial charge in [-0.1, -0.05) is 6.07 Å². The zero-order valence-corrected chi connectivity index (χ0v) is 11.2. The highest BCUT2D eigenvalue weighted by atomic mass is 16.6. The molecular weight excluding hydrogens is 248 g/mol. The molecule has 0 saturated carbocycles. The molecular formula is C12H18N4O3. The molecule has 0 aliphatic carbocycles. The Balaban J connectivity index is 2.83. The van der Waals surface area contributed by atoms with Crippen molar-refractivity contribution in [1.29, 1.82) is 0 Å². The average Bonchev–Trinajstić information content (AvgIpc) is 2.35. The van der Waals surface area contributed by atoms with Crippen LogP contribution in [0.3, 0.4) is 0 Å². The molecule has 104 valence electrons. The van der Waals surface area contributed by atoms with Crippen molar-refractivity contribution in [2.45, 2.75) is 26.8 Å². The van der Waals surface area contributed by atoms with Gasteiger partial charge in [-0.25, -0.2) is 10.5 Å². The maximum Gasteiger partial charge on any atom is 0.271 e. The molecule has 1 aromatic rings. The van der Waals surface area contributed by atoms with Gasteiger partial charge in [0, 0.05) is 23.9 Å². The summed E-state index contributed by atoms with van der Waals surface area (Å²) >= 11 is 0. The van der Waals surface area contributed by atoms with E-state index < -0.39 is 4.92 Å². The summed E-state index contributed by atoms with van der Waals surface area (Å²) in [5, 5.41) is 13.6. The number of anilines is 1. The molecule has 0 radical (unpaired) electrons. The summed E-state index contributed by atoms with van der Waals surface area (Å²) in [5.41, 5.74) is 3.26.